The van der Waals surface area contributed by atoms with Crippen LogP contribution < -0.4 is 21.5 Å². The number of hydrogen-bond acceptors (Lipinski definition) is 6. The third-order valence-corrected chi connectivity index (χ3v) is 6.28. The number of carbonyl (C=O) groups is 1. The van der Waals surface area contributed by atoms with Gasteiger partial charge in [0.05, 0.1) is 13.1 Å². The number of aromatic nitrogens is 4. The monoisotopic (exact) mass is 524 g/mol. The Kier molecular flexibility index (Phi) is 7.62. The van der Waals surface area contributed by atoms with Gasteiger partial charge >= 0.3 is 11.8 Å². The van der Waals surface area contributed by atoms with Crippen LogP contribution in [0.2, 0.25) is 0 Å². The second-order valence-electron chi connectivity index (χ2n) is 10.4. The molecule has 3 heterocycles. The summed E-state index contributed by atoms with van der Waals surface area (Å²) in [7, 11) is 1.56. The van der Waals surface area contributed by atoms with Crippen molar-refractivity contribution in [1.29, 1.82) is 0 Å². The lowest BCUT2D eigenvalue weighted by Gasteiger charge is -2.34. The minimum absolute atomic E-state index is 0.0786. The van der Waals surface area contributed by atoms with Gasteiger partial charge in [0.15, 0.2) is 11.2 Å². The van der Waals surface area contributed by atoms with Crippen LogP contribution in [-0.4, -0.2) is 49.5 Å². The molecule has 0 radical (unpaired) electrons. The fourth-order valence-corrected chi connectivity index (χ4v) is 4.62. The van der Waals surface area contributed by atoms with Crippen LogP contribution in [-0.2, 0) is 24.9 Å². The second-order valence-corrected chi connectivity index (χ2v) is 10.4. The first kappa shape index (κ1) is 27.0. The number of halogens is 1. The standard InChI is InChI=1S/C27H33FN6O4/c1-6-7-14-33-21-22(31(5)26(37)34(23(21)35)16-18-10-8-11-19(28)15-18)30-24(33)32-13-9-12-20(17-32)29-25(36)38-27(2,3)4/h8,10-11,15,20H,9,12-14,16-17H2,1-5H3,(H,29,36)/t20-/m1/s1. The highest BCUT2D eigenvalue weighted by atomic mass is 19.1. The van der Waals surface area contributed by atoms with Crippen LogP contribution in [0.1, 0.15) is 46.1 Å². The van der Waals surface area contributed by atoms with Crippen molar-refractivity contribution in [2.75, 3.05) is 18.0 Å². The molecule has 0 saturated carbocycles. The molecule has 0 aliphatic carbocycles. The van der Waals surface area contributed by atoms with Crippen molar-refractivity contribution in [2.45, 2.75) is 65.3 Å². The largest absolute Gasteiger partial charge is 0.444 e. The number of nitrogens with zero attached hydrogens (tertiary/aromatic N) is 5. The van der Waals surface area contributed by atoms with Gasteiger partial charge in [0.1, 0.15) is 11.4 Å². The van der Waals surface area contributed by atoms with Crippen molar-refractivity contribution < 1.29 is 13.9 Å². The maximum absolute atomic E-state index is 13.8. The van der Waals surface area contributed by atoms with Gasteiger partial charge in [0, 0.05) is 26.2 Å². The number of rotatable bonds is 5. The molecule has 1 aliphatic heterocycles. The summed E-state index contributed by atoms with van der Waals surface area (Å²) in [6.07, 6.45) is 1.06. The predicted octanol–water partition coefficient (Wildman–Crippen LogP) is 2.60. The molecule has 1 N–H and O–H groups in total. The van der Waals surface area contributed by atoms with Gasteiger partial charge in [0.2, 0.25) is 5.95 Å². The van der Waals surface area contributed by atoms with E-state index in [1.54, 1.807) is 24.6 Å². The van der Waals surface area contributed by atoms with E-state index in [-0.39, 0.29) is 30.3 Å². The molecule has 4 rings (SSSR count). The Morgan fingerprint density at radius 1 is 1.26 bits per heavy atom. The summed E-state index contributed by atoms with van der Waals surface area (Å²) in [5.41, 5.74) is -0.706. The van der Waals surface area contributed by atoms with Gasteiger partial charge in [-0.15, -0.1) is 5.92 Å². The van der Waals surface area contributed by atoms with E-state index >= 15 is 0 Å². The van der Waals surface area contributed by atoms with Crippen LogP contribution in [0.3, 0.4) is 0 Å². The Hall–Kier alpha value is -4.07. The van der Waals surface area contributed by atoms with Crippen molar-refractivity contribution in [3.8, 4) is 11.8 Å². The van der Waals surface area contributed by atoms with Gasteiger partial charge in [0.25, 0.3) is 5.56 Å². The lowest BCUT2D eigenvalue weighted by atomic mass is 10.1. The van der Waals surface area contributed by atoms with Gasteiger partial charge in [-0.3, -0.25) is 18.5 Å². The maximum atomic E-state index is 13.8. The lowest BCUT2D eigenvalue weighted by molar-refractivity contribution is 0.0499. The number of aryl methyl sites for hydroxylation is 1. The number of fused-ring (bicyclic) bond motifs is 1. The van der Waals surface area contributed by atoms with Gasteiger partial charge in [-0.25, -0.2) is 14.0 Å². The normalized spacial score (nSPS) is 15.7. The first-order valence-corrected chi connectivity index (χ1v) is 12.6. The molecular formula is C27H33FN6O4. The molecule has 0 bridgehead atoms. The summed E-state index contributed by atoms with van der Waals surface area (Å²) < 4.78 is 23.3. The highest BCUT2D eigenvalue weighted by Gasteiger charge is 2.29. The zero-order chi connectivity index (χ0) is 27.6. The van der Waals surface area contributed by atoms with Crippen LogP contribution in [0.15, 0.2) is 33.9 Å². The number of benzene rings is 1. The van der Waals surface area contributed by atoms with Gasteiger partial charge in [-0.05, 0) is 58.2 Å². The van der Waals surface area contributed by atoms with Crippen LogP contribution in [0, 0.1) is 17.7 Å². The summed E-state index contributed by atoms with van der Waals surface area (Å²) in [6, 6.07) is 5.62. The van der Waals surface area contributed by atoms with Crippen molar-refractivity contribution in [3.63, 3.8) is 0 Å². The van der Waals surface area contributed by atoms with Crippen molar-refractivity contribution in [2.24, 2.45) is 7.05 Å². The summed E-state index contributed by atoms with van der Waals surface area (Å²) in [5.74, 6) is 5.90. The molecule has 1 fully saturated rings. The smallest absolute Gasteiger partial charge is 0.407 e. The number of anilines is 1. The number of carbonyl (C=O) groups excluding carboxylic acids is 1. The zero-order valence-electron chi connectivity index (χ0n) is 22.4. The van der Waals surface area contributed by atoms with E-state index in [2.05, 4.69) is 17.2 Å². The molecule has 1 aromatic carbocycles. The first-order valence-electron chi connectivity index (χ1n) is 12.6. The van der Waals surface area contributed by atoms with E-state index in [0.717, 1.165) is 17.4 Å². The summed E-state index contributed by atoms with van der Waals surface area (Å²) >= 11 is 0. The SMILES string of the molecule is CC#CCn1c(N2CCC[C@@H](NC(=O)OC(C)(C)C)C2)nc2c1c(=O)n(Cc1cccc(F)c1)c(=O)n2C. The molecule has 0 spiro atoms. The molecule has 10 nitrogen and oxygen atoms in total. The highest BCUT2D eigenvalue weighted by Crippen LogP contribution is 2.23. The molecule has 38 heavy (non-hydrogen) atoms. The molecule has 1 atom stereocenters. The van der Waals surface area contributed by atoms with Crippen LogP contribution in [0.4, 0.5) is 15.1 Å². The Morgan fingerprint density at radius 2 is 2.03 bits per heavy atom. The van der Waals surface area contributed by atoms with Crippen molar-refractivity contribution in [3.05, 3.63) is 56.5 Å². The minimum Gasteiger partial charge on any atom is -0.444 e. The van der Waals surface area contributed by atoms with E-state index in [1.807, 2.05) is 25.7 Å². The van der Waals surface area contributed by atoms with Crippen LogP contribution in [0.5, 0.6) is 0 Å². The van der Waals surface area contributed by atoms with E-state index in [1.165, 1.54) is 22.8 Å². The molecule has 0 unspecified atom stereocenters. The molecule has 11 heteroatoms. The van der Waals surface area contributed by atoms with E-state index < -0.39 is 28.8 Å². The summed E-state index contributed by atoms with van der Waals surface area (Å²) in [5, 5.41) is 2.92. The Morgan fingerprint density at radius 3 is 2.71 bits per heavy atom. The third kappa shape index (κ3) is 5.74. The van der Waals surface area contributed by atoms with Crippen molar-refractivity contribution in [1.82, 2.24) is 24.0 Å². The van der Waals surface area contributed by atoms with E-state index in [0.29, 0.717) is 24.6 Å². The van der Waals surface area contributed by atoms with Crippen LogP contribution >= 0.6 is 0 Å². The average molecular weight is 525 g/mol. The maximum Gasteiger partial charge on any atom is 0.407 e. The van der Waals surface area contributed by atoms with E-state index in [4.69, 9.17) is 9.72 Å². The molecule has 202 valence electrons. The number of hydrogen-bond donors (Lipinski definition) is 1. The molecule has 1 amide bonds. The number of alkyl carbamates (subject to hydrolysis) is 1. The zero-order valence-corrected chi connectivity index (χ0v) is 22.4. The molecule has 3 aromatic rings. The number of piperidine rings is 1. The van der Waals surface area contributed by atoms with Gasteiger partial charge in [-0.1, -0.05) is 18.1 Å². The summed E-state index contributed by atoms with van der Waals surface area (Å²) in [6.45, 7) is 8.35. The summed E-state index contributed by atoms with van der Waals surface area (Å²) in [4.78, 5) is 45.9. The molecule has 1 saturated heterocycles. The fraction of sp³-hybridized carbons (Fsp3) is 0.481. The molecular weight excluding hydrogens is 491 g/mol. The van der Waals surface area contributed by atoms with Crippen LogP contribution in [0.25, 0.3) is 11.2 Å². The topological polar surface area (TPSA) is 103 Å². The predicted molar refractivity (Wildman–Crippen MR) is 143 cm³/mol. The molecule has 1 aliphatic rings. The number of ether oxygens (including phenoxy) is 1. The number of nitrogens with one attached hydrogen (secondary N) is 1. The van der Waals surface area contributed by atoms with E-state index in [9.17, 15) is 18.8 Å². The highest BCUT2D eigenvalue weighted by molar-refractivity contribution is 5.75. The lowest BCUT2D eigenvalue weighted by Crippen LogP contribution is -2.49. The molecule has 2 aromatic heterocycles. The van der Waals surface area contributed by atoms with Crippen molar-refractivity contribution >= 4 is 23.2 Å². The fourth-order valence-electron chi connectivity index (χ4n) is 4.62. The van der Waals surface area contributed by atoms with Gasteiger partial charge in [-0.2, -0.15) is 4.98 Å². The Bertz CT molecular complexity index is 1540. The third-order valence-electron chi connectivity index (χ3n) is 6.28. The Balaban J connectivity index is 1.75. The second kappa shape index (κ2) is 10.7. The average Bonchev–Trinajstić information content (AvgIpc) is 3.23. The first-order chi connectivity index (χ1) is 18.0. The minimum atomic E-state index is -0.610. The number of imidazole rings is 1. The Labute approximate surface area is 220 Å². The van der Waals surface area contributed by atoms with Gasteiger partial charge < -0.3 is 15.0 Å². The quantitative estimate of drug-likeness (QED) is 0.515. The number of amides is 1.